The van der Waals surface area contributed by atoms with Crippen LogP contribution in [0.5, 0.6) is 0 Å². The van der Waals surface area contributed by atoms with E-state index in [1.807, 2.05) is 0 Å². The van der Waals surface area contributed by atoms with Crippen molar-refractivity contribution in [3.63, 3.8) is 0 Å². The molecule has 5 heteroatoms. The van der Waals surface area contributed by atoms with E-state index in [4.69, 9.17) is 23.8 Å². The van der Waals surface area contributed by atoms with Crippen molar-refractivity contribution in [2.24, 2.45) is 11.8 Å². The van der Waals surface area contributed by atoms with Gasteiger partial charge in [0.05, 0.1) is 5.02 Å². The minimum atomic E-state index is -0.417. The summed E-state index contributed by atoms with van der Waals surface area (Å²) in [5.74, 6) is 1.23. The Bertz CT molecular complexity index is 508. The molecule has 2 nitrogen and oxygen atoms in total. The fourth-order valence-electron chi connectivity index (χ4n) is 3.33. The molecular formula is C14H16ClFN2S. The van der Waals surface area contributed by atoms with Crippen LogP contribution in [0, 0.1) is 17.7 Å². The molecule has 0 spiro atoms. The lowest BCUT2D eigenvalue weighted by Crippen LogP contribution is -2.40. The van der Waals surface area contributed by atoms with Crippen molar-refractivity contribution in [1.82, 2.24) is 5.32 Å². The lowest BCUT2D eigenvalue weighted by atomic mass is 9.96. The average Bonchev–Trinajstić information content (AvgIpc) is 2.96. The summed E-state index contributed by atoms with van der Waals surface area (Å²) in [5, 5.41) is 7.14. The topological polar surface area (TPSA) is 24.1 Å². The molecule has 0 radical (unpaired) electrons. The summed E-state index contributed by atoms with van der Waals surface area (Å²) in [4.78, 5) is 0. The van der Waals surface area contributed by atoms with Gasteiger partial charge in [-0.3, -0.25) is 0 Å². The van der Waals surface area contributed by atoms with Gasteiger partial charge in [-0.05, 0) is 61.5 Å². The van der Waals surface area contributed by atoms with Gasteiger partial charge in [0.15, 0.2) is 5.11 Å². The molecule has 0 aliphatic heterocycles. The number of anilines is 1. The van der Waals surface area contributed by atoms with E-state index in [9.17, 15) is 4.39 Å². The summed E-state index contributed by atoms with van der Waals surface area (Å²) in [7, 11) is 0. The van der Waals surface area contributed by atoms with Gasteiger partial charge in [-0.15, -0.1) is 0 Å². The maximum Gasteiger partial charge on any atom is 0.171 e. The highest BCUT2D eigenvalue weighted by Crippen LogP contribution is 2.44. The van der Waals surface area contributed by atoms with Crippen LogP contribution in [0.1, 0.15) is 25.7 Å². The van der Waals surface area contributed by atoms with Gasteiger partial charge in [0.2, 0.25) is 0 Å². The minimum Gasteiger partial charge on any atom is -0.359 e. The molecule has 102 valence electrons. The average molecular weight is 299 g/mol. The van der Waals surface area contributed by atoms with Crippen molar-refractivity contribution < 1.29 is 4.39 Å². The van der Waals surface area contributed by atoms with E-state index in [0.717, 1.165) is 11.8 Å². The second-order valence-electron chi connectivity index (χ2n) is 5.51. The first-order valence-electron chi connectivity index (χ1n) is 6.64. The minimum absolute atomic E-state index is 0.104. The fourth-order valence-corrected chi connectivity index (χ4v) is 3.78. The van der Waals surface area contributed by atoms with Crippen LogP contribution >= 0.6 is 23.8 Å². The normalized spacial score (nSPS) is 28.4. The van der Waals surface area contributed by atoms with Crippen LogP contribution < -0.4 is 10.6 Å². The van der Waals surface area contributed by atoms with Crippen LogP contribution in [0.3, 0.4) is 0 Å². The molecule has 1 aromatic rings. The molecule has 2 N–H and O–H groups in total. The van der Waals surface area contributed by atoms with Gasteiger partial charge in [0.25, 0.3) is 0 Å². The number of hydrogen-bond acceptors (Lipinski definition) is 1. The van der Waals surface area contributed by atoms with E-state index in [-0.39, 0.29) is 5.02 Å². The highest BCUT2D eigenvalue weighted by Gasteiger charge is 2.39. The van der Waals surface area contributed by atoms with Gasteiger partial charge in [0, 0.05) is 11.7 Å². The number of benzene rings is 1. The zero-order valence-electron chi connectivity index (χ0n) is 10.5. The summed E-state index contributed by atoms with van der Waals surface area (Å²) in [6, 6.07) is 5.02. The second kappa shape index (κ2) is 5.25. The monoisotopic (exact) mass is 298 g/mol. The summed E-state index contributed by atoms with van der Waals surface area (Å²) in [6.45, 7) is 0. The Balaban J connectivity index is 1.57. The molecule has 2 aliphatic rings. The number of hydrogen-bond donors (Lipinski definition) is 2. The standard InChI is InChI=1S/C14H16ClFN2S/c15-11-7-10(3-4-12(11)16)17-14(19)18-13-6-8-1-2-9(13)5-8/h3-4,7-9,13H,1-2,5-6H2,(H2,17,18,19)/t8-,9-,13+/m1/s1. The molecule has 2 aliphatic carbocycles. The summed E-state index contributed by atoms with van der Waals surface area (Å²) in [6.07, 6.45) is 5.24. The summed E-state index contributed by atoms with van der Waals surface area (Å²) < 4.78 is 13.1. The number of thiocarbonyl (C=S) groups is 1. The Kier molecular flexibility index (Phi) is 3.63. The van der Waals surface area contributed by atoms with Gasteiger partial charge < -0.3 is 10.6 Å². The van der Waals surface area contributed by atoms with E-state index in [1.54, 1.807) is 12.1 Å². The smallest absolute Gasteiger partial charge is 0.171 e. The Morgan fingerprint density at radius 3 is 2.79 bits per heavy atom. The fraction of sp³-hybridized carbons (Fsp3) is 0.500. The van der Waals surface area contributed by atoms with Gasteiger partial charge >= 0.3 is 0 Å². The van der Waals surface area contributed by atoms with Crippen LogP contribution in [0.4, 0.5) is 10.1 Å². The lowest BCUT2D eigenvalue weighted by molar-refractivity contribution is 0.392. The van der Waals surface area contributed by atoms with Crippen LogP contribution in [0.15, 0.2) is 18.2 Å². The van der Waals surface area contributed by atoms with Crippen LogP contribution in [-0.2, 0) is 0 Å². The Labute approximate surface area is 122 Å². The van der Waals surface area contributed by atoms with Crippen molar-refractivity contribution in [2.45, 2.75) is 31.7 Å². The van der Waals surface area contributed by atoms with Gasteiger partial charge in [0.1, 0.15) is 5.82 Å². The van der Waals surface area contributed by atoms with Gasteiger partial charge in [-0.2, -0.15) is 0 Å². The molecule has 0 heterocycles. The van der Waals surface area contributed by atoms with Crippen molar-refractivity contribution in [2.75, 3.05) is 5.32 Å². The lowest BCUT2D eigenvalue weighted by Gasteiger charge is -2.24. The van der Waals surface area contributed by atoms with Gasteiger partial charge in [-0.25, -0.2) is 4.39 Å². The number of rotatable bonds is 2. The van der Waals surface area contributed by atoms with Gasteiger partial charge in [-0.1, -0.05) is 18.0 Å². The van der Waals surface area contributed by atoms with E-state index >= 15 is 0 Å². The third kappa shape index (κ3) is 2.84. The molecule has 2 fully saturated rings. The van der Waals surface area contributed by atoms with E-state index in [2.05, 4.69) is 10.6 Å². The Hall–Kier alpha value is -0.870. The SMILES string of the molecule is Fc1ccc(NC(=S)N[C@H]2C[C@@H]3CC[C@@H]2C3)cc1Cl. The second-order valence-corrected chi connectivity index (χ2v) is 6.32. The molecule has 0 amide bonds. The molecule has 0 unspecified atom stereocenters. The quantitative estimate of drug-likeness (QED) is 0.808. The molecule has 3 atom stereocenters. The maximum atomic E-state index is 13.1. The van der Waals surface area contributed by atoms with E-state index in [0.29, 0.717) is 16.8 Å². The molecule has 2 bridgehead atoms. The largest absolute Gasteiger partial charge is 0.359 e. The molecule has 0 saturated heterocycles. The van der Waals surface area contributed by atoms with Crippen molar-refractivity contribution >= 4 is 34.6 Å². The summed E-state index contributed by atoms with van der Waals surface area (Å²) in [5.41, 5.74) is 0.715. The molecule has 19 heavy (non-hydrogen) atoms. The van der Waals surface area contributed by atoms with Crippen LogP contribution in [-0.4, -0.2) is 11.2 Å². The number of fused-ring (bicyclic) bond motifs is 2. The zero-order chi connectivity index (χ0) is 13.4. The third-order valence-electron chi connectivity index (χ3n) is 4.23. The Morgan fingerprint density at radius 1 is 1.32 bits per heavy atom. The third-order valence-corrected chi connectivity index (χ3v) is 4.74. The van der Waals surface area contributed by atoms with Crippen molar-refractivity contribution in [3.05, 3.63) is 29.0 Å². The van der Waals surface area contributed by atoms with Crippen molar-refractivity contribution in [3.8, 4) is 0 Å². The molecule has 3 rings (SSSR count). The highest BCUT2D eigenvalue weighted by atomic mass is 35.5. The summed E-state index contributed by atoms with van der Waals surface area (Å²) >= 11 is 11.0. The number of halogens is 2. The maximum absolute atomic E-state index is 13.1. The predicted octanol–water partition coefficient (Wildman–Crippen LogP) is 3.95. The van der Waals surface area contributed by atoms with Crippen LogP contribution in [0.25, 0.3) is 0 Å². The zero-order valence-corrected chi connectivity index (χ0v) is 12.0. The van der Waals surface area contributed by atoms with Crippen molar-refractivity contribution in [1.29, 1.82) is 0 Å². The Morgan fingerprint density at radius 2 is 2.16 bits per heavy atom. The van der Waals surface area contributed by atoms with Crippen LogP contribution in [0.2, 0.25) is 5.02 Å². The predicted molar refractivity (Wildman–Crippen MR) is 80.0 cm³/mol. The molecule has 2 saturated carbocycles. The number of nitrogens with one attached hydrogen (secondary N) is 2. The molecular weight excluding hydrogens is 283 g/mol. The first kappa shape index (κ1) is 13.1. The molecule has 1 aromatic carbocycles. The van der Waals surface area contributed by atoms with E-state index < -0.39 is 5.82 Å². The molecule has 0 aromatic heterocycles. The first-order chi connectivity index (χ1) is 9.11. The van der Waals surface area contributed by atoms with E-state index in [1.165, 1.54) is 31.7 Å². The highest BCUT2D eigenvalue weighted by molar-refractivity contribution is 7.80. The first-order valence-corrected chi connectivity index (χ1v) is 7.43.